The first-order chi connectivity index (χ1) is 13.2. The van der Waals surface area contributed by atoms with Crippen molar-refractivity contribution in [2.45, 2.75) is 37.4 Å². The molecule has 2 aromatic heterocycles. The highest BCUT2D eigenvalue weighted by Gasteiger charge is 2.34. The number of thioether (sulfide) groups is 1. The quantitative estimate of drug-likeness (QED) is 0.472. The summed E-state index contributed by atoms with van der Waals surface area (Å²) in [5.41, 5.74) is -0.983. The van der Waals surface area contributed by atoms with Gasteiger partial charge in [-0.3, -0.25) is 4.79 Å². The van der Waals surface area contributed by atoms with Crippen LogP contribution in [0.2, 0.25) is 0 Å². The number of hydrogen-bond donors (Lipinski definition) is 0. The van der Waals surface area contributed by atoms with Crippen LogP contribution in [0.3, 0.4) is 0 Å². The third kappa shape index (κ3) is 5.63. The molecule has 10 heteroatoms. The van der Waals surface area contributed by atoms with Gasteiger partial charge >= 0.3 is 6.18 Å². The van der Waals surface area contributed by atoms with Gasteiger partial charge in [-0.2, -0.15) is 13.2 Å². The molecule has 0 aliphatic heterocycles. The normalized spacial score (nSPS) is 11.5. The Labute approximate surface area is 166 Å². The number of aromatic nitrogens is 2. The summed E-state index contributed by atoms with van der Waals surface area (Å²) in [5.74, 6) is 0.821. The number of carbonyl (C=O) groups excluding carboxylic acids is 1. The highest BCUT2D eigenvalue weighted by atomic mass is 32.2. The van der Waals surface area contributed by atoms with Gasteiger partial charge in [0.15, 0.2) is 16.6 Å². The molecule has 0 atom stereocenters. The number of anilines is 1. The molecule has 2 aromatic rings. The fourth-order valence-corrected chi connectivity index (χ4v) is 3.05. The third-order valence-electron chi connectivity index (χ3n) is 3.97. The summed E-state index contributed by atoms with van der Waals surface area (Å²) in [6.45, 7) is 4.89. The molecule has 1 amide bonds. The zero-order chi connectivity index (χ0) is 20.9. The lowest BCUT2D eigenvalue weighted by Crippen LogP contribution is -2.25. The molecule has 0 saturated heterocycles. The Morgan fingerprint density at radius 1 is 1.21 bits per heavy atom. The van der Waals surface area contributed by atoms with Gasteiger partial charge in [0.05, 0.1) is 5.75 Å². The first-order valence-electron chi connectivity index (χ1n) is 8.80. The molecule has 0 fully saturated rings. The van der Waals surface area contributed by atoms with Gasteiger partial charge in [0, 0.05) is 33.3 Å². The summed E-state index contributed by atoms with van der Waals surface area (Å²) in [7, 11) is 3.35. The lowest BCUT2D eigenvalue weighted by atomic mass is 10.3. The predicted octanol–water partition coefficient (Wildman–Crippen LogP) is 4.32. The van der Waals surface area contributed by atoms with Crippen molar-refractivity contribution in [3.05, 3.63) is 35.4 Å². The van der Waals surface area contributed by atoms with E-state index in [1.165, 1.54) is 4.90 Å². The maximum absolute atomic E-state index is 13.2. The first-order valence-corrected chi connectivity index (χ1v) is 9.78. The zero-order valence-corrected chi connectivity index (χ0v) is 17.0. The van der Waals surface area contributed by atoms with Crippen LogP contribution >= 0.6 is 11.8 Å². The van der Waals surface area contributed by atoms with Crippen LogP contribution < -0.4 is 4.90 Å². The first kappa shape index (κ1) is 22.1. The molecule has 0 N–H and O–H groups in total. The molecule has 2 heterocycles. The molecule has 0 aliphatic carbocycles. The van der Waals surface area contributed by atoms with E-state index in [1.54, 1.807) is 31.1 Å². The van der Waals surface area contributed by atoms with E-state index in [1.807, 2.05) is 13.8 Å². The van der Waals surface area contributed by atoms with E-state index in [2.05, 4.69) is 9.97 Å². The van der Waals surface area contributed by atoms with E-state index in [4.69, 9.17) is 4.42 Å². The van der Waals surface area contributed by atoms with Gasteiger partial charge in [-0.1, -0.05) is 18.7 Å². The van der Waals surface area contributed by atoms with Crippen LogP contribution in [-0.2, 0) is 11.9 Å². The van der Waals surface area contributed by atoms with Gasteiger partial charge in [-0.05, 0) is 25.5 Å². The van der Waals surface area contributed by atoms with Gasteiger partial charge in [0.25, 0.3) is 5.91 Å². The van der Waals surface area contributed by atoms with Crippen molar-refractivity contribution in [1.29, 1.82) is 0 Å². The third-order valence-corrected chi connectivity index (χ3v) is 4.84. The molecule has 2 rings (SSSR count). The highest BCUT2D eigenvalue weighted by molar-refractivity contribution is 7.98. The van der Waals surface area contributed by atoms with E-state index in [0.29, 0.717) is 18.8 Å². The number of halogens is 3. The van der Waals surface area contributed by atoms with Crippen LogP contribution in [-0.4, -0.2) is 48.0 Å². The molecular formula is C18H23F3N4O2S. The number of furan rings is 1. The number of alkyl halides is 3. The molecule has 6 nitrogen and oxygen atoms in total. The second-order valence-corrected chi connectivity index (χ2v) is 7.13. The largest absolute Gasteiger partial charge is 0.455 e. The Balaban J connectivity index is 2.18. The van der Waals surface area contributed by atoms with Crippen molar-refractivity contribution in [3.63, 3.8) is 0 Å². The maximum Gasteiger partial charge on any atom is 0.433 e. The molecule has 154 valence electrons. The lowest BCUT2D eigenvalue weighted by Gasteiger charge is -2.19. The fourth-order valence-electron chi connectivity index (χ4n) is 2.31. The van der Waals surface area contributed by atoms with Gasteiger partial charge in [-0.15, -0.1) is 0 Å². The van der Waals surface area contributed by atoms with Crippen molar-refractivity contribution in [2.75, 3.05) is 32.1 Å². The summed E-state index contributed by atoms with van der Waals surface area (Å²) in [6.07, 6.45) is -3.78. The Morgan fingerprint density at radius 2 is 1.93 bits per heavy atom. The molecule has 28 heavy (non-hydrogen) atoms. The molecule has 0 aliphatic rings. The van der Waals surface area contributed by atoms with Crippen molar-refractivity contribution >= 4 is 23.5 Å². The fraction of sp³-hybridized carbons (Fsp3) is 0.500. The van der Waals surface area contributed by atoms with Crippen LogP contribution in [0.25, 0.3) is 0 Å². The van der Waals surface area contributed by atoms with E-state index in [-0.39, 0.29) is 28.4 Å². The topological polar surface area (TPSA) is 62.5 Å². The molecule has 0 spiro atoms. The Hall–Kier alpha value is -2.23. The molecule has 0 radical (unpaired) electrons. The van der Waals surface area contributed by atoms with Crippen LogP contribution in [0.1, 0.15) is 42.3 Å². The number of carbonyl (C=O) groups is 1. The van der Waals surface area contributed by atoms with Crippen LogP contribution in [0.4, 0.5) is 19.0 Å². The van der Waals surface area contributed by atoms with Crippen molar-refractivity contribution in [2.24, 2.45) is 0 Å². The number of nitrogens with zero attached hydrogens (tertiary/aromatic N) is 4. The lowest BCUT2D eigenvalue weighted by molar-refractivity contribution is -0.141. The monoisotopic (exact) mass is 416 g/mol. The minimum atomic E-state index is -4.56. The van der Waals surface area contributed by atoms with Gasteiger partial charge in [0.2, 0.25) is 0 Å². The van der Waals surface area contributed by atoms with E-state index in [9.17, 15) is 18.0 Å². The summed E-state index contributed by atoms with van der Waals surface area (Å²) in [5, 5.41) is 0.00253. The van der Waals surface area contributed by atoms with Gasteiger partial charge in [-0.25, -0.2) is 9.97 Å². The van der Waals surface area contributed by atoms with Crippen molar-refractivity contribution < 1.29 is 22.4 Å². The van der Waals surface area contributed by atoms with E-state index < -0.39 is 11.9 Å². The van der Waals surface area contributed by atoms with Crippen LogP contribution in [0.15, 0.2) is 27.8 Å². The zero-order valence-electron chi connectivity index (χ0n) is 16.2. The van der Waals surface area contributed by atoms with Gasteiger partial charge < -0.3 is 14.2 Å². The highest BCUT2D eigenvalue weighted by Crippen LogP contribution is 2.32. The van der Waals surface area contributed by atoms with E-state index in [0.717, 1.165) is 24.2 Å². The Bertz CT molecular complexity index is 810. The molecule has 0 saturated carbocycles. The van der Waals surface area contributed by atoms with Crippen LogP contribution in [0.5, 0.6) is 0 Å². The number of amides is 1. The molecule has 0 bridgehead atoms. The Kier molecular flexibility index (Phi) is 7.34. The second-order valence-electron chi connectivity index (χ2n) is 6.19. The Morgan fingerprint density at radius 3 is 2.54 bits per heavy atom. The molecular weight excluding hydrogens is 393 g/mol. The molecule has 0 unspecified atom stereocenters. The number of hydrogen-bond acceptors (Lipinski definition) is 6. The van der Waals surface area contributed by atoms with E-state index >= 15 is 0 Å². The predicted molar refractivity (Wildman–Crippen MR) is 101 cm³/mol. The summed E-state index contributed by atoms with van der Waals surface area (Å²) in [6, 6.07) is 4.13. The average Bonchev–Trinajstić information content (AvgIpc) is 3.13. The SMILES string of the molecule is CCCN(C)c1cc(C(F)(F)F)nc(SCc2ccc(C(=O)N(C)CC)o2)n1. The summed E-state index contributed by atoms with van der Waals surface area (Å²) in [4.78, 5) is 23.1. The smallest absolute Gasteiger partial charge is 0.433 e. The standard InChI is InChI=1S/C18H23F3N4O2S/c1-5-9-25(4)15-10-14(18(19,20)21)22-17(23-15)28-11-12-7-8-13(27-12)16(26)24(3)6-2/h7-8,10H,5-6,9,11H2,1-4H3. The average molecular weight is 416 g/mol. The number of rotatable bonds is 8. The minimum Gasteiger partial charge on any atom is -0.455 e. The molecule has 0 aromatic carbocycles. The van der Waals surface area contributed by atoms with Crippen molar-refractivity contribution in [1.82, 2.24) is 14.9 Å². The summed E-state index contributed by atoms with van der Waals surface area (Å²) < 4.78 is 45.1. The second kappa shape index (κ2) is 9.31. The van der Waals surface area contributed by atoms with Crippen LogP contribution in [0, 0.1) is 0 Å². The van der Waals surface area contributed by atoms with Crippen molar-refractivity contribution in [3.8, 4) is 0 Å². The summed E-state index contributed by atoms with van der Waals surface area (Å²) >= 11 is 1.03. The maximum atomic E-state index is 13.2. The van der Waals surface area contributed by atoms with Gasteiger partial charge in [0.1, 0.15) is 11.6 Å². The minimum absolute atomic E-state index is 0.00253.